The summed E-state index contributed by atoms with van der Waals surface area (Å²) in [7, 11) is -1.43. The van der Waals surface area contributed by atoms with Crippen LogP contribution in [0.3, 0.4) is 0 Å². The van der Waals surface area contributed by atoms with Crippen LogP contribution in [-0.4, -0.2) is 101 Å². The molecule has 4 unspecified atom stereocenters. The van der Waals surface area contributed by atoms with Gasteiger partial charge >= 0.3 is 11.9 Å². The molecule has 330 valence electrons. The van der Waals surface area contributed by atoms with E-state index in [1.807, 2.05) is 91.0 Å². The molecule has 0 amide bonds. The molecular weight excluding hydrogens is 805 g/mol. The van der Waals surface area contributed by atoms with Crippen molar-refractivity contribution in [3.63, 3.8) is 0 Å². The maximum atomic E-state index is 13.7. The lowest BCUT2D eigenvalue weighted by Gasteiger charge is -2.51. The molecule has 0 bridgehead atoms. The van der Waals surface area contributed by atoms with Crippen molar-refractivity contribution >= 4 is 26.2 Å². The minimum atomic E-state index is -2.61. The predicted molar refractivity (Wildman–Crippen MR) is 225 cm³/mol. The fourth-order valence-electron chi connectivity index (χ4n) is 6.77. The first-order valence-electron chi connectivity index (χ1n) is 20.2. The minimum Gasteiger partial charge on any atom is -0.467 e. The quantitative estimate of drug-likeness (QED) is 0.0253. The lowest BCUT2D eigenvalue weighted by atomic mass is 9.95. The zero-order valence-electron chi connectivity index (χ0n) is 36.0. The summed E-state index contributed by atoms with van der Waals surface area (Å²) in [5.41, 5.74) is 12.7. The zero-order chi connectivity index (χ0) is 44.2. The molecule has 0 saturated carbocycles. The average Bonchev–Trinajstić information content (AvgIpc) is 3.22. The van der Waals surface area contributed by atoms with Crippen LogP contribution in [0.5, 0.6) is 0 Å². The second-order valence-corrected chi connectivity index (χ2v) is 21.2. The number of nitrogens with zero attached hydrogens (tertiary/aromatic N) is 3. The lowest BCUT2D eigenvalue weighted by Crippen LogP contribution is -2.67. The van der Waals surface area contributed by atoms with Gasteiger partial charge in [-0.2, -0.15) is 0 Å². The Bertz CT molecular complexity index is 1920. The van der Waals surface area contributed by atoms with Gasteiger partial charge in [-0.15, -0.1) is 0 Å². The van der Waals surface area contributed by atoms with E-state index in [1.54, 1.807) is 0 Å². The fraction of sp³-hybridized carbons (Fsp3) is 0.523. The van der Waals surface area contributed by atoms with E-state index in [4.69, 9.17) is 52.5 Å². The molecule has 3 aromatic rings. The van der Waals surface area contributed by atoms with Gasteiger partial charge in [0.05, 0.1) is 39.6 Å². The first kappa shape index (κ1) is 47.4. The third-order valence-electron chi connectivity index (χ3n) is 10.8. The molecular formula is C44H58N4O12Si. The molecule has 17 heteroatoms. The number of methoxy groups -OCH3 is 1. The molecule has 2 heterocycles. The van der Waals surface area contributed by atoms with Crippen molar-refractivity contribution in [2.45, 2.75) is 134 Å². The van der Waals surface area contributed by atoms with Crippen LogP contribution in [0.25, 0.3) is 10.4 Å². The molecule has 10 atom stereocenters. The standard InChI is InChI=1S/C44H58N4O12Si/c1-28(45)55-43-40(56-29(2)49)37(54-26-32-22-16-11-17-23-32)38(39(59-43)41(50)51-6)58-42-34(47-48-46)36(53-25-31-20-14-10-15-21-31)35(60-61(7,8)44(3,4)5)33(57-42)27-52-24-30-18-12-9-13-19-30/h9-23,33-40,42-43,45H,24-27H2,1-8H3/t33?,34-,35+,36?,37-,38-,39?,40?,42+,43-/m1/s1. The van der Waals surface area contributed by atoms with Crippen LogP contribution < -0.4 is 0 Å². The highest BCUT2D eigenvalue weighted by molar-refractivity contribution is 6.74. The van der Waals surface area contributed by atoms with Crippen molar-refractivity contribution in [3.8, 4) is 0 Å². The van der Waals surface area contributed by atoms with Crippen LogP contribution in [0.1, 0.15) is 51.3 Å². The zero-order valence-corrected chi connectivity index (χ0v) is 37.0. The highest BCUT2D eigenvalue weighted by Crippen LogP contribution is 2.42. The number of esters is 2. The SMILES string of the molecule is COC(=O)C1O[C@@H](OC(C)=N)C(OC(C)=O)[C@H](OCc2ccccc2)[C@H]1O[C@@H]1OC(COCc2ccccc2)[C@H](O[Si](C)(C)C(C)(C)C)C(OCc2ccccc2)[C@H]1N=[N+]=[N-]. The summed E-state index contributed by atoms with van der Waals surface area (Å²) in [6.45, 7) is 13.5. The van der Waals surface area contributed by atoms with Crippen molar-refractivity contribution in [2.75, 3.05) is 13.7 Å². The van der Waals surface area contributed by atoms with Crippen LogP contribution in [0.4, 0.5) is 0 Å². The molecule has 0 spiro atoms. The van der Waals surface area contributed by atoms with Gasteiger partial charge in [-0.05, 0) is 40.4 Å². The second kappa shape index (κ2) is 21.9. The summed E-state index contributed by atoms with van der Waals surface area (Å²) in [5, 5.41) is 12.1. The van der Waals surface area contributed by atoms with Crippen LogP contribution in [-0.2, 0) is 76.5 Å². The van der Waals surface area contributed by atoms with Crippen molar-refractivity contribution < 1.29 is 56.6 Å². The van der Waals surface area contributed by atoms with Gasteiger partial charge in [0.25, 0.3) is 0 Å². The molecule has 16 nitrogen and oxygen atoms in total. The number of carbonyl (C=O) groups is 2. The first-order chi connectivity index (χ1) is 29.1. The molecule has 61 heavy (non-hydrogen) atoms. The van der Waals surface area contributed by atoms with E-state index in [-0.39, 0.29) is 37.4 Å². The Balaban J connectivity index is 1.61. The molecule has 5 rings (SSSR count). The molecule has 0 aromatic heterocycles. The van der Waals surface area contributed by atoms with E-state index in [1.165, 1.54) is 21.0 Å². The minimum absolute atomic E-state index is 0.00234. The lowest BCUT2D eigenvalue weighted by molar-refractivity contribution is -0.340. The van der Waals surface area contributed by atoms with E-state index in [2.05, 4.69) is 43.9 Å². The van der Waals surface area contributed by atoms with Gasteiger partial charge in [0, 0.05) is 18.8 Å². The van der Waals surface area contributed by atoms with Gasteiger partial charge in [-0.1, -0.05) is 117 Å². The third kappa shape index (κ3) is 12.9. The molecule has 2 saturated heterocycles. The number of ether oxygens (including phenoxy) is 9. The second-order valence-electron chi connectivity index (χ2n) is 16.4. The van der Waals surface area contributed by atoms with Crippen LogP contribution >= 0.6 is 0 Å². The summed E-state index contributed by atoms with van der Waals surface area (Å²) >= 11 is 0. The molecule has 1 N–H and O–H groups in total. The van der Waals surface area contributed by atoms with E-state index < -0.39 is 81.6 Å². The number of carbonyl (C=O) groups excluding carboxylic acids is 2. The Morgan fingerprint density at radius 3 is 1.79 bits per heavy atom. The van der Waals surface area contributed by atoms with E-state index in [0.29, 0.717) is 0 Å². The highest BCUT2D eigenvalue weighted by atomic mass is 28.4. The highest BCUT2D eigenvalue weighted by Gasteiger charge is 2.58. The summed E-state index contributed by atoms with van der Waals surface area (Å²) in [6.07, 6.45) is -11.4. The summed E-state index contributed by atoms with van der Waals surface area (Å²) in [4.78, 5) is 29.6. The van der Waals surface area contributed by atoms with Gasteiger partial charge in [0.15, 0.2) is 32.7 Å². The average molecular weight is 863 g/mol. The smallest absolute Gasteiger partial charge is 0.338 e. The van der Waals surface area contributed by atoms with Crippen LogP contribution in [0.15, 0.2) is 96.1 Å². The Morgan fingerprint density at radius 2 is 1.30 bits per heavy atom. The normalized spacial score (nSPS) is 26.7. The molecule has 2 fully saturated rings. The van der Waals surface area contributed by atoms with Gasteiger partial charge in [0.1, 0.15) is 30.5 Å². The Morgan fingerprint density at radius 1 is 0.754 bits per heavy atom. The Hall–Kier alpha value is -4.68. The number of benzene rings is 3. The Kier molecular flexibility index (Phi) is 17.0. The maximum Gasteiger partial charge on any atom is 0.338 e. The van der Waals surface area contributed by atoms with Gasteiger partial charge in [-0.25, -0.2) is 4.79 Å². The topological polar surface area (TPSA) is 199 Å². The van der Waals surface area contributed by atoms with Crippen LogP contribution in [0.2, 0.25) is 18.1 Å². The van der Waals surface area contributed by atoms with Crippen LogP contribution in [0, 0.1) is 5.41 Å². The number of hydrogen-bond acceptors (Lipinski definition) is 14. The van der Waals surface area contributed by atoms with Crippen molar-refractivity contribution in [1.29, 1.82) is 5.41 Å². The number of azide groups is 1. The van der Waals surface area contributed by atoms with Crippen molar-refractivity contribution in [2.24, 2.45) is 5.11 Å². The largest absolute Gasteiger partial charge is 0.467 e. The summed E-state index contributed by atoms with van der Waals surface area (Å²) < 4.78 is 63.0. The van der Waals surface area contributed by atoms with Gasteiger partial charge in [-0.3, -0.25) is 10.2 Å². The number of hydrogen-bond donors (Lipinski definition) is 1. The molecule has 2 aliphatic rings. The predicted octanol–water partition coefficient (Wildman–Crippen LogP) is 7.40. The van der Waals surface area contributed by atoms with E-state index in [9.17, 15) is 15.1 Å². The molecule has 3 aromatic carbocycles. The van der Waals surface area contributed by atoms with Gasteiger partial charge in [0.2, 0.25) is 6.29 Å². The third-order valence-corrected chi connectivity index (χ3v) is 15.3. The first-order valence-corrected chi connectivity index (χ1v) is 23.1. The monoisotopic (exact) mass is 862 g/mol. The summed E-state index contributed by atoms with van der Waals surface area (Å²) in [5.74, 6) is -1.88. The number of rotatable bonds is 18. The molecule has 0 aliphatic carbocycles. The van der Waals surface area contributed by atoms with Crippen molar-refractivity contribution in [3.05, 3.63) is 118 Å². The Labute approximate surface area is 358 Å². The van der Waals surface area contributed by atoms with Gasteiger partial charge < -0.3 is 47.1 Å². The fourth-order valence-corrected chi connectivity index (χ4v) is 8.09. The van der Waals surface area contributed by atoms with E-state index in [0.717, 1.165) is 16.7 Å². The maximum absolute atomic E-state index is 13.7. The van der Waals surface area contributed by atoms with Crippen molar-refractivity contribution in [1.82, 2.24) is 0 Å². The summed E-state index contributed by atoms with van der Waals surface area (Å²) in [6, 6.07) is 27.1. The molecule has 2 aliphatic heterocycles. The number of nitrogens with one attached hydrogen (secondary N) is 1. The molecule has 0 radical (unpaired) electrons. The van der Waals surface area contributed by atoms with E-state index >= 15 is 0 Å².